The number of rotatable bonds is 13. The number of halogens is 1. The van der Waals surface area contributed by atoms with Gasteiger partial charge in [0.2, 0.25) is 18.6 Å². The Hall–Kier alpha value is -3.66. The Morgan fingerprint density at radius 2 is 1.87 bits per heavy atom. The predicted molar refractivity (Wildman–Crippen MR) is 174 cm³/mol. The summed E-state index contributed by atoms with van der Waals surface area (Å²) >= 11 is 0. The van der Waals surface area contributed by atoms with Gasteiger partial charge in [-0.2, -0.15) is 0 Å². The molecule has 46 heavy (non-hydrogen) atoms. The molecule has 5 rings (SSSR count). The fourth-order valence-corrected chi connectivity index (χ4v) is 7.53. The van der Waals surface area contributed by atoms with Crippen LogP contribution in [0.1, 0.15) is 83.8 Å². The smallest absolute Gasteiger partial charge is 0.308 e. The minimum Gasteiger partial charge on any atom is -0.481 e. The number of benzene rings is 2. The van der Waals surface area contributed by atoms with Crippen molar-refractivity contribution in [2.75, 3.05) is 37.9 Å². The first kappa shape index (κ1) is 33.7. The lowest BCUT2D eigenvalue weighted by molar-refractivity contribution is -0.143. The molecular formula is C36H48FN3O6. The van der Waals surface area contributed by atoms with Gasteiger partial charge in [-0.05, 0) is 73.6 Å². The number of nitrogens with zero attached hydrogens (tertiary/aromatic N) is 3. The first-order chi connectivity index (χ1) is 22.0. The molecule has 2 unspecified atom stereocenters. The molecule has 3 aliphatic rings. The molecule has 2 aromatic rings. The average Bonchev–Trinajstić information content (AvgIpc) is 3.71. The van der Waals surface area contributed by atoms with Crippen molar-refractivity contribution in [1.29, 1.82) is 0 Å². The first-order valence-corrected chi connectivity index (χ1v) is 16.7. The van der Waals surface area contributed by atoms with E-state index in [2.05, 4.69) is 6.92 Å². The highest BCUT2D eigenvalue weighted by atomic mass is 19.1. The summed E-state index contributed by atoms with van der Waals surface area (Å²) in [5.74, 6) is -1.30. The van der Waals surface area contributed by atoms with Gasteiger partial charge in [0, 0.05) is 48.7 Å². The van der Waals surface area contributed by atoms with Crippen LogP contribution in [0.15, 0.2) is 36.4 Å². The number of likely N-dealkylation sites (tertiary alicyclic amines) is 2. The van der Waals surface area contributed by atoms with Crippen LogP contribution >= 0.6 is 0 Å². The Morgan fingerprint density at radius 3 is 2.52 bits per heavy atom. The minimum atomic E-state index is -0.934. The Morgan fingerprint density at radius 1 is 1.11 bits per heavy atom. The van der Waals surface area contributed by atoms with Gasteiger partial charge in [-0.15, -0.1) is 0 Å². The highest BCUT2D eigenvalue weighted by molar-refractivity contribution is 5.95. The molecule has 4 atom stereocenters. The molecule has 2 saturated heterocycles. The van der Waals surface area contributed by atoms with Crippen LogP contribution in [0.3, 0.4) is 0 Å². The van der Waals surface area contributed by atoms with Crippen LogP contribution in [-0.4, -0.2) is 77.7 Å². The third kappa shape index (κ3) is 6.73. The van der Waals surface area contributed by atoms with Crippen molar-refractivity contribution >= 4 is 23.5 Å². The van der Waals surface area contributed by atoms with Gasteiger partial charge in [0.25, 0.3) is 0 Å². The third-order valence-electron chi connectivity index (χ3n) is 10.2. The molecule has 0 bridgehead atoms. The summed E-state index contributed by atoms with van der Waals surface area (Å²) in [5, 5.41) is 10.7. The number of hydrogen-bond donors (Lipinski definition) is 1. The standard InChI is InChI=1S/C36H48FN3O6/c1-6-9-25(8-3)40(26-11-12-28(37)23(7-2)18-26)32(41)21-39-20-27(24-10-13-30-31(19-24)46-22-45-30)33(34(42)43)29(39)14-16-38-17-15-36(4,5)35(38)44/h10-13,18-19,25,27,29,33H,6-9,14-17,20-22H2,1-5H3,(H,42,43)/t25?,27-,29+,33?/m1/s1. The van der Waals surface area contributed by atoms with E-state index in [4.69, 9.17) is 9.47 Å². The van der Waals surface area contributed by atoms with Gasteiger partial charge in [0.05, 0.1) is 12.5 Å². The third-order valence-corrected chi connectivity index (χ3v) is 10.2. The van der Waals surface area contributed by atoms with E-state index in [0.29, 0.717) is 55.2 Å². The van der Waals surface area contributed by atoms with Crippen molar-refractivity contribution in [3.05, 3.63) is 53.3 Å². The van der Waals surface area contributed by atoms with E-state index in [1.807, 2.05) is 55.7 Å². The summed E-state index contributed by atoms with van der Waals surface area (Å²) in [6.45, 7) is 11.4. The number of fused-ring (bicyclic) bond motifs is 1. The Labute approximate surface area is 271 Å². The largest absolute Gasteiger partial charge is 0.481 e. The van der Waals surface area contributed by atoms with Crippen LogP contribution < -0.4 is 14.4 Å². The zero-order chi connectivity index (χ0) is 33.2. The zero-order valence-corrected chi connectivity index (χ0v) is 27.8. The number of aryl methyl sites for hydroxylation is 1. The van der Waals surface area contributed by atoms with Gasteiger partial charge in [0.15, 0.2) is 11.5 Å². The molecule has 10 heteroatoms. The van der Waals surface area contributed by atoms with E-state index in [0.717, 1.165) is 31.2 Å². The molecule has 2 fully saturated rings. The van der Waals surface area contributed by atoms with E-state index in [9.17, 15) is 23.9 Å². The number of hydrogen-bond acceptors (Lipinski definition) is 6. The average molecular weight is 638 g/mol. The van der Waals surface area contributed by atoms with E-state index in [-0.39, 0.29) is 37.0 Å². The molecule has 9 nitrogen and oxygen atoms in total. The van der Waals surface area contributed by atoms with E-state index in [1.165, 1.54) is 6.07 Å². The second kappa shape index (κ2) is 14.0. The fourth-order valence-electron chi connectivity index (χ4n) is 7.53. The highest BCUT2D eigenvalue weighted by Crippen LogP contribution is 2.43. The molecule has 3 heterocycles. The van der Waals surface area contributed by atoms with Crippen LogP contribution in [0.4, 0.5) is 10.1 Å². The summed E-state index contributed by atoms with van der Waals surface area (Å²) in [7, 11) is 0. The molecule has 0 saturated carbocycles. The SMILES string of the molecule is CCCC(CC)N(C(=O)CN1C[C@H](c2ccc3c(c2)OCO3)C(C(=O)O)[C@@H]1CCN1CCC(C)(C)C1=O)c1ccc(F)c(CC)c1. The summed E-state index contributed by atoms with van der Waals surface area (Å²) in [5.41, 5.74) is 1.59. The molecule has 0 radical (unpaired) electrons. The maximum absolute atomic E-state index is 14.5. The van der Waals surface area contributed by atoms with Crippen molar-refractivity contribution in [2.24, 2.45) is 11.3 Å². The predicted octanol–water partition coefficient (Wildman–Crippen LogP) is 5.85. The molecule has 1 N–H and O–H groups in total. The number of carboxylic acid groups (broad SMARTS) is 1. The number of ether oxygens (including phenoxy) is 2. The molecule has 0 spiro atoms. The molecule has 2 aromatic carbocycles. The maximum atomic E-state index is 14.5. The van der Waals surface area contributed by atoms with E-state index < -0.39 is 29.3 Å². The topological polar surface area (TPSA) is 99.6 Å². The highest BCUT2D eigenvalue weighted by Gasteiger charge is 2.48. The van der Waals surface area contributed by atoms with Gasteiger partial charge >= 0.3 is 5.97 Å². The summed E-state index contributed by atoms with van der Waals surface area (Å²) in [6.07, 6.45) is 4.08. The van der Waals surface area contributed by atoms with Gasteiger partial charge in [-0.25, -0.2) is 4.39 Å². The zero-order valence-electron chi connectivity index (χ0n) is 27.8. The number of carboxylic acids is 1. The van der Waals surface area contributed by atoms with Gasteiger partial charge in [0.1, 0.15) is 5.82 Å². The van der Waals surface area contributed by atoms with E-state index in [1.54, 1.807) is 17.0 Å². The number of anilines is 1. The number of carbonyl (C=O) groups is 3. The van der Waals surface area contributed by atoms with Gasteiger partial charge < -0.3 is 24.4 Å². The van der Waals surface area contributed by atoms with Crippen LogP contribution in [0.2, 0.25) is 0 Å². The lowest BCUT2D eigenvalue weighted by atomic mass is 9.84. The van der Waals surface area contributed by atoms with Gasteiger partial charge in [-0.3, -0.25) is 19.3 Å². The van der Waals surface area contributed by atoms with Crippen molar-refractivity contribution in [2.45, 2.75) is 91.1 Å². The Bertz CT molecular complexity index is 1450. The van der Waals surface area contributed by atoms with Crippen LogP contribution in [0.5, 0.6) is 11.5 Å². The Kier molecular flexibility index (Phi) is 10.2. The second-order valence-corrected chi connectivity index (χ2v) is 13.5. The van der Waals surface area contributed by atoms with Crippen LogP contribution in [-0.2, 0) is 20.8 Å². The van der Waals surface area contributed by atoms with Crippen molar-refractivity contribution in [3.8, 4) is 11.5 Å². The summed E-state index contributed by atoms with van der Waals surface area (Å²) in [4.78, 5) is 46.2. The molecule has 0 aromatic heterocycles. The summed E-state index contributed by atoms with van der Waals surface area (Å²) in [6, 6.07) is 9.83. The fraction of sp³-hybridized carbons (Fsp3) is 0.583. The van der Waals surface area contributed by atoms with Crippen LogP contribution in [0.25, 0.3) is 0 Å². The molecule has 2 amide bonds. The quantitative estimate of drug-likeness (QED) is 0.294. The monoisotopic (exact) mass is 637 g/mol. The van der Waals surface area contributed by atoms with E-state index >= 15 is 0 Å². The lowest BCUT2D eigenvalue weighted by Crippen LogP contribution is -2.48. The van der Waals surface area contributed by atoms with Crippen molar-refractivity contribution < 1.29 is 33.4 Å². The lowest BCUT2D eigenvalue weighted by Gasteiger charge is -2.35. The van der Waals surface area contributed by atoms with Gasteiger partial charge in [-0.1, -0.05) is 47.1 Å². The second-order valence-electron chi connectivity index (χ2n) is 13.5. The minimum absolute atomic E-state index is 0.00792. The molecular weight excluding hydrogens is 589 g/mol. The Balaban J connectivity index is 1.48. The molecule has 0 aliphatic carbocycles. The maximum Gasteiger partial charge on any atom is 0.308 e. The number of aliphatic carboxylic acids is 1. The van der Waals surface area contributed by atoms with Crippen molar-refractivity contribution in [1.82, 2.24) is 9.80 Å². The normalized spacial score (nSPS) is 22.8. The van der Waals surface area contributed by atoms with Crippen molar-refractivity contribution in [3.63, 3.8) is 0 Å². The summed E-state index contributed by atoms with van der Waals surface area (Å²) < 4.78 is 25.6. The van der Waals surface area contributed by atoms with Crippen LogP contribution in [0, 0.1) is 17.2 Å². The molecule has 3 aliphatic heterocycles. The number of amides is 2. The number of carbonyl (C=O) groups excluding carboxylic acids is 2. The molecule has 250 valence electrons. The first-order valence-electron chi connectivity index (χ1n) is 16.7.